The maximum atomic E-state index is 13.0. The lowest BCUT2D eigenvalue weighted by atomic mass is 10.1. The Bertz CT molecular complexity index is 1450. The third-order valence-corrected chi connectivity index (χ3v) is 6.12. The molecule has 0 bridgehead atoms. The number of amides is 1. The number of carbonyl (C=O) groups excluding carboxylic acids is 3. The Labute approximate surface area is 229 Å². The second kappa shape index (κ2) is 11.9. The summed E-state index contributed by atoms with van der Waals surface area (Å²) < 4.78 is 43.9. The van der Waals surface area contributed by atoms with Gasteiger partial charge in [0.25, 0.3) is 5.91 Å². The molecule has 3 aromatic rings. The first kappa shape index (κ1) is 29.1. The van der Waals surface area contributed by atoms with Gasteiger partial charge in [-0.3, -0.25) is 9.59 Å². The van der Waals surface area contributed by atoms with Crippen LogP contribution in [0.25, 0.3) is 0 Å². The van der Waals surface area contributed by atoms with Crippen LogP contribution in [-0.4, -0.2) is 23.7 Å². The molecule has 0 aliphatic heterocycles. The zero-order chi connectivity index (χ0) is 28.2. The molecule has 0 aromatic heterocycles. The van der Waals surface area contributed by atoms with Crippen LogP contribution < -0.4 is 10.1 Å². The average Bonchev–Trinajstić information content (AvgIpc) is 2.83. The van der Waals surface area contributed by atoms with Crippen LogP contribution in [0, 0.1) is 6.92 Å². The Morgan fingerprint density at radius 2 is 1.63 bits per heavy atom. The van der Waals surface area contributed by atoms with Gasteiger partial charge in [-0.15, -0.1) is 0 Å². The summed E-state index contributed by atoms with van der Waals surface area (Å²) in [5.74, 6) is -3.27. The third-order valence-electron chi connectivity index (χ3n) is 5.08. The van der Waals surface area contributed by atoms with Crippen molar-refractivity contribution < 1.29 is 32.3 Å². The number of nitrogens with one attached hydrogen (secondary N) is 1. The fraction of sp³-hybridized carbons (Fsp3) is 0.160. The van der Waals surface area contributed by atoms with Crippen molar-refractivity contribution in [2.45, 2.75) is 26.1 Å². The Morgan fingerprint density at radius 3 is 2.29 bits per heavy atom. The minimum absolute atomic E-state index is 0.0424. The fourth-order valence-electron chi connectivity index (χ4n) is 3.00. The highest BCUT2D eigenvalue weighted by molar-refractivity contribution is 6.33. The van der Waals surface area contributed by atoms with E-state index in [1.54, 1.807) is 25.1 Å². The molecule has 1 N–H and O–H groups in total. The highest BCUT2D eigenvalue weighted by Crippen LogP contribution is 2.35. The molecule has 3 aromatic carbocycles. The number of carbonyl (C=O) groups is 3. The first-order valence-corrected chi connectivity index (χ1v) is 11.8. The molecule has 0 aliphatic rings. The molecule has 0 saturated heterocycles. The van der Waals surface area contributed by atoms with Gasteiger partial charge in [0.05, 0.1) is 15.6 Å². The van der Waals surface area contributed by atoms with Gasteiger partial charge in [0.2, 0.25) is 6.04 Å². The Morgan fingerprint density at radius 1 is 0.947 bits per heavy atom. The van der Waals surface area contributed by atoms with Gasteiger partial charge in [-0.2, -0.15) is 23.4 Å². The number of nitrogens with zero attached hydrogens (tertiary/aromatic N) is 2. The third kappa shape index (κ3) is 7.09. The van der Waals surface area contributed by atoms with Crippen molar-refractivity contribution >= 4 is 63.8 Å². The van der Waals surface area contributed by atoms with Gasteiger partial charge in [0.15, 0.2) is 5.78 Å². The molecule has 0 radical (unpaired) electrons. The van der Waals surface area contributed by atoms with Gasteiger partial charge in [0.1, 0.15) is 11.4 Å². The summed E-state index contributed by atoms with van der Waals surface area (Å²) >= 11 is 18.1. The quantitative estimate of drug-likeness (QED) is 0.132. The van der Waals surface area contributed by atoms with Gasteiger partial charge < -0.3 is 10.1 Å². The number of ether oxygens (including phenoxy) is 1. The molecule has 0 aliphatic carbocycles. The van der Waals surface area contributed by atoms with E-state index in [4.69, 9.17) is 39.5 Å². The first-order chi connectivity index (χ1) is 17.8. The summed E-state index contributed by atoms with van der Waals surface area (Å²) in [5.41, 5.74) is 0.0904. The number of hydrogen-bond donors (Lipinski definition) is 1. The minimum Gasteiger partial charge on any atom is -0.423 e. The number of hydrogen-bond acceptors (Lipinski definition) is 6. The number of azo groups is 1. The van der Waals surface area contributed by atoms with Crippen molar-refractivity contribution in [1.82, 2.24) is 0 Å². The van der Waals surface area contributed by atoms with Gasteiger partial charge in [-0.25, -0.2) is 4.79 Å². The highest BCUT2D eigenvalue weighted by Gasteiger charge is 2.32. The second-order valence-electron chi connectivity index (χ2n) is 7.83. The van der Waals surface area contributed by atoms with Crippen LogP contribution in [0.3, 0.4) is 0 Å². The molecule has 13 heteroatoms. The van der Waals surface area contributed by atoms with Crippen molar-refractivity contribution in [2.24, 2.45) is 10.2 Å². The van der Waals surface area contributed by atoms with Crippen LogP contribution in [-0.2, 0) is 15.8 Å². The Kier molecular flexibility index (Phi) is 9.14. The van der Waals surface area contributed by atoms with E-state index in [9.17, 15) is 27.6 Å². The molecular weight excluding hydrogens is 570 g/mol. The predicted molar refractivity (Wildman–Crippen MR) is 137 cm³/mol. The van der Waals surface area contributed by atoms with E-state index in [2.05, 4.69) is 15.5 Å². The maximum Gasteiger partial charge on any atom is 0.416 e. The number of alkyl halides is 3. The number of benzene rings is 3. The number of rotatable bonds is 7. The molecule has 7 nitrogen and oxygen atoms in total. The zero-order valence-corrected chi connectivity index (χ0v) is 21.8. The van der Waals surface area contributed by atoms with Gasteiger partial charge in [0, 0.05) is 16.3 Å². The lowest BCUT2D eigenvalue weighted by Gasteiger charge is -2.12. The standard InChI is InChI=1S/C25H17Cl3F3N3O4/c1-12-16(26)4-3-5-19(12)32-23(36)14-6-8-17(27)20(10-14)33-34-22(13(2)35)24(37)38-21-11-15(25(29,30)31)7-9-18(21)28/h3-11,22H,1-2H3,(H,32,36). The van der Waals surface area contributed by atoms with Crippen molar-refractivity contribution in [1.29, 1.82) is 0 Å². The van der Waals surface area contributed by atoms with Crippen molar-refractivity contribution in [3.8, 4) is 5.75 Å². The van der Waals surface area contributed by atoms with Crippen molar-refractivity contribution in [3.63, 3.8) is 0 Å². The van der Waals surface area contributed by atoms with Gasteiger partial charge in [-0.1, -0.05) is 40.9 Å². The molecule has 0 heterocycles. The lowest BCUT2D eigenvalue weighted by Crippen LogP contribution is -2.30. The van der Waals surface area contributed by atoms with E-state index in [1.807, 2.05) is 0 Å². The average molecular weight is 587 g/mol. The fourth-order valence-corrected chi connectivity index (χ4v) is 3.49. The SMILES string of the molecule is CC(=O)C(N=Nc1cc(C(=O)Nc2cccc(Cl)c2C)ccc1Cl)C(=O)Oc1cc(C(F)(F)F)ccc1Cl. The van der Waals surface area contributed by atoms with Crippen LogP contribution in [0.15, 0.2) is 64.8 Å². The monoisotopic (exact) mass is 585 g/mol. The largest absolute Gasteiger partial charge is 0.423 e. The van der Waals surface area contributed by atoms with E-state index in [-0.39, 0.29) is 21.3 Å². The summed E-state index contributed by atoms with van der Waals surface area (Å²) in [5, 5.41) is 10.4. The van der Waals surface area contributed by atoms with E-state index in [0.29, 0.717) is 28.4 Å². The summed E-state index contributed by atoms with van der Waals surface area (Å²) in [6.07, 6.45) is -4.72. The van der Waals surface area contributed by atoms with E-state index >= 15 is 0 Å². The normalized spacial score (nSPS) is 12.3. The van der Waals surface area contributed by atoms with Crippen LogP contribution in [0.1, 0.15) is 28.4 Å². The Hall–Kier alpha value is -3.47. The smallest absolute Gasteiger partial charge is 0.416 e. The number of ketones is 1. The minimum atomic E-state index is -4.72. The number of esters is 1. The molecule has 1 atom stereocenters. The lowest BCUT2D eigenvalue weighted by molar-refractivity contribution is -0.141. The van der Waals surface area contributed by atoms with Crippen LogP contribution >= 0.6 is 34.8 Å². The molecule has 198 valence electrons. The van der Waals surface area contributed by atoms with Crippen LogP contribution in [0.2, 0.25) is 15.1 Å². The molecule has 1 unspecified atom stereocenters. The van der Waals surface area contributed by atoms with E-state index < -0.39 is 41.2 Å². The molecule has 0 spiro atoms. The van der Waals surface area contributed by atoms with Crippen LogP contribution in [0.4, 0.5) is 24.5 Å². The van der Waals surface area contributed by atoms with Crippen molar-refractivity contribution in [2.75, 3.05) is 5.32 Å². The summed E-state index contributed by atoms with van der Waals surface area (Å²) in [4.78, 5) is 37.4. The molecule has 0 saturated carbocycles. The van der Waals surface area contributed by atoms with E-state index in [1.165, 1.54) is 18.2 Å². The summed E-state index contributed by atoms with van der Waals surface area (Å²) in [7, 11) is 0. The topological polar surface area (TPSA) is 97.2 Å². The summed E-state index contributed by atoms with van der Waals surface area (Å²) in [6.45, 7) is 2.74. The number of anilines is 1. The summed E-state index contributed by atoms with van der Waals surface area (Å²) in [6, 6.07) is 9.34. The molecule has 0 fully saturated rings. The molecule has 3 rings (SSSR count). The number of Topliss-reactive ketones (excluding diaryl/α,β-unsaturated/α-hetero) is 1. The predicted octanol–water partition coefficient (Wildman–Crippen LogP) is 7.87. The van der Waals surface area contributed by atoms with Gasteiger partial charge in [-0.05, 0) is 67.9 Å². The van der Waals surface area contributed by atoms with Crippen molar-refractivity contribution in [3.05, 3.63) is 86.4 Å². The highest BCUT2D eigenvalue weighted by atomic mass is 35.5. The number of halogens is 6. The zero-order valence-electron chi connectivity index (χ0n) is 19.6. The Balaban J connectivity index is 1.83. The van der Waals surface area contributed by atoms with E-state index in [0.717, 1.165) is 13.0 Å². The first-order valence-electron chi connectivity index (χ1n) is 10.6. The maximum absolute atomic E-state index is 13.0. The molecular formula is C25H17Cl3F3N3O4. The molecule has 1 amide bonds. The van der Waals surface area contributed by atoms with Gasteiger partial charge >= 0.3 is 12.1 Å². The molecule has 38 heavy (non-hydrogen) atoms. The second-order valence-corrected chi connectivity index (χ2v) is 9.05. The van der Waals surface area contributed by atoms with Crippen LogP contribution in [0.5, 0.6) is 5.75 Å².